The van der Waals surface area contributed by atoms with Crippen molar-refractivity contribution < 1.29 is 114 Å². The molecule has 4 N–H and O–H groups in total. The van der Waals surface area contributed by atoms with Gasteiger partial charge in [0.2, 0.25) is 0 Å². The van der Waals surface area contributed by atoms with Crippen LogP contribution in [0.4, 0.5) is 0 Å². The summed E-state index contributed by atoms with van der Waals surface area (Å²) in [4.78, 5) is 19.5. The fourth-order valence-electron chi connectivity index (χ4n) is 0.270. The second-order valence-electron chi connectivity index (χ2n) is 1.57. The van der Waals surface area contributed by atoms with Crippen LogP contribution in [-0.4, -0.2) is 44.6 Å². The molecule has 10 heteroatoms. The molecule has 0 radical (unpaired) electrons. The molecular weight excluding hydrogens is 261 g/mol. The number of rotatable bonds is 3. The van der Waals surface area contributed by atoms with E-state index in [0.29, 0.717) is 0 Å². The Morgan fingerprint density at radius 2 is 0.929 bits per heavy atom. The van der Waals surface area contributed by atoms with Gasteiger partial charge in [0.05, 0.1) is 0 Å². The summed E-state index contributed by atoms with van der Waals surface area (Å²) in [6.07, 6.45) is -4.53. The first kappa shape index (κ1) is 29.5. The van der Waals surface area contributed by atoms with Gasteiger partial charge < -0.3 is 45.2 Å². The number of hydrogen-bond donors (Lipinski definition) is 4. The number of aliphatic hydroxyl groups excluding tert-OH is 2. The molecule has 0 aromatic heterocycles. The minimum atomic E-state index is -2.27. The molecule has 2 unspecified atom stereocenters. The molecule has 0 bridgehead atoms. The Morgan fingerprint density at radius 3 is 1.00 bits per heavy atom. The molecule has 6 nitrogen and oxygen atoms in total. The molecule has 0 spiro atoms. The molecule has 0 aromatic carbocycles. The monoisotopic (exact) mass is 266 g/mol. The summed E-state index contributed by atoms with van der Waals surface area (Å²) in [5.74, 6) is -3.54. The van der Waals surface area contributed by atoms with Crippen molar-refractivity contribution in [1.29, 1.82) is 0 Å². The van der Waals surface area contributed by atoms with Crippen LogP contribution in [0.5, 0.6) is 0 Å². The zero-order valence-electron chi connectivity index (χ0n) is 7.52. The largest absolute Gasteiger partial charge is 1.00 e. The van der Waals surface area contributed by atoms with Crippen LogP contribution in [0.3, 0.4) is 0 Å². The van der Waals surface area contributed by atoms with Gasteiger partial charge in [-0.15, -0.1) is 0 Å². The topological polar surface area (TPSA) is 115 Å². The van der Waals surface area contributed by atoms with E-state index < -0.39 is 24.1 Å². The maximum atomic E-state index is 9.77. The van der Waals surface area contributed by atoms with E-state index in [-0.39, 0.29) is 83.9 Å². The van der Waals surface area contributed by atoms with Crippen LogP contribution in [0.25, 0.3) is 0 Å². The first-order valence-corrected chi connectivity index (χ1v) is 2.28. The Hall–Kier alpha value is 1.44. The van der Waals surface area contributed by atoms with E-state index in [4.69, 9.17) is 20.4 Å². The molecule has 74 valence electrons. The molecule has 0 saturated heterocycles. The quantitative estimate of drug-likeness (QED) is 0.377. The molecule has 0 heterocycles. The molecule has 0 rings (SSSR count). The van der Waals surface area contributed by atoms with Gasteiger partial charge in [0, 0.05) is 0 Å². The van der Waals surface area contributed by atoms with Crippen molar-refractivity contribution in [1.82, 2.24) is 0 Å². The van der Waals surface area contributed by atoms with Gasteiger partial charge in [0.1, 0.15) is 0 Å². The Labute approximate surface area is 136 Å². The molecule has 0 aliphatic heterocycles. The van der Waals surface area contributed by atoms with Crippen molar-refractivity contribution >= 4 is 11.9 Å². The van der Waals surface area contributed by atoms with Crippen LogP contribution >= 0.6 is 0 Å². The number of carboxylic acids is 2. The molecule has 0 aromatic rings. The van der Waals surface area contributed by atoms with Crippen molar-refractivity contribution in [3.8, 4) is 0 Å². The van der Waals surface area contributed by atoms with Crippen LogP contribution in [0.15, 0.2) is 0 Å². The second-order valence-corrected chi connectivity index (χ2v) is 1.57. The maximum Gasteiger partial charge on any atom is 1.00 e. The molecule has 0 fully saturated rings. The van der Waals surface area contributed by atoms with E-state index in [0.717, 1.165) is 0 Å². The van der Waals surface area contributed by atoms with Gasteiger partial charge in [-0.25, -0.2) is 9.59 Å². The Bertz CT molecular complexity index is 150. The predicted molar refractivity (Wildman–Crippen MR) is 27.3 cm³/mol. The summed E-state index contributed by atoms with van der Waals surface area (Å²) >= 11 is 0. The van der Waals surface area contributed by atoms with Gasteiger partial charge in [0.15, 0.2) is 12.2 Å². The Balaban J connectivity index is -0.0000000675. The van der Waals surface area contributed by atoms with Crippen LogP contribution in [-0.2, 0) is 9.59 Å². The minimum Gasteiger partial charge on any atom is -1.00 e. The average Bonchev–Trinajstić information content (AvgIpc) is 1.84. The number of carboxylic acid groups (broad SMARTS) is 2. The molecule has 14 heavy (non-hydrogen) atoms. The fourth-order valence-corrected chi connectivity index (χ4v) is 0.270. The number of halogens is 2. The van der Waals surface area contributed by atoms with Crippen molar-refractivity contribution in [3.63, 3.8) is 0 Å². The third-order valence-corrected chi connectivity index (χ3v) is 0.805. The zero-order valence-corrected chi connectivity index (χ0v) is 13.0. The number of hydrogen-bond acceptors (Lipinski definition) is 4. The first-order chi connectivity index (χ1) is 4.46. The van der Waals surface area contributed by atoms with E-state index in [1.807, 2.05) is 0 Å². The Morgan fingerprint density at radius 1 is 0.786 bits per heavy atom. The predicted octanol–water partition coefficient (Wildman–Crippen LogP) is -14.1. The fraction of sp³-hybridized carbons (Fsp3) is 0.500. The first-order valence-electron chi connectivity index (χ1n) is 2.28. The number of aliphatic carboxylic acids is 2. The summed E-state index contributed by atoms with van der Waals surface area (Å²) in [5, 5.41) is 32.5. The van der Waals surface area contributed by atoms with Crippen molar-refractivity contribution in [2.24, 2.45) is 0 Å². The number of carbonyl (C=O) groups is 2. The summed E-state index contributed by atoms with van der Waals surface area (Å²) in [6, 6.07) is 0. The molecular formula is C4H6Cl2Na2O6. The minimum absolute atomic E-state index is 0. The van der Waals surface area contributed by atoms with Crippen LogP contribution in [0.2, 0.25) is 0 Å². The van der Waals surface area contributed by atoms with Gasteiger partial charge >= 0.3 is 71.1 Å². The third kappa shape index (κ3) is 11.5. The molecule has 0 aliphatic rings. The van der Waals surface area contributed by atoms with E-state index in [2.05, 4.69) is 0 Å². The normalized spacial score (nSPS) is 11.3. The SMILES string of the molecule is O=C(O)C(O)C(O)C(=O)O.[Cl-].[Cl-].[Na+].[Na+]. The van der Waals surface area contributed by atoms with E-state index in [1.54, 1.807) is 0 Å². The summed E-state index contributed by atoms with van der Waals surface area (Å²) < 4.78 is 0. The summed E-state index contributed by atoms with van der Waals surface area (Å²) in [7, 11) is 0. The summed E-state index contributed by atoms with van der Waals surface area (Å²) in [6.45, 7) is 0. The Kier molecular flexibility index (Phi) is 30.5. The van der Waals surface area contributed by atoms with Gasteiger partial charge in [-0.3, -0.25) is 0 Å². The molecule has 2 atom stereocenters. The van der Waals surface area contributed by atoms with Crippen LogP contribution in [0, 0.1) is 0 Å². The van der Waals surface area contributed by atoms with E-state index in [1.165, 1.54) is 0 Å². The van der Waals surface area contributed by atoms with Gasteiger partial charge in [-0.2, -0.15) is 0 Å². The van der Waals surface area contributed by atoms with E-state index in [9.17, 15) is 9.59 Å². The zero-order chi connectivity index (χ0) is 8.31. The van der Waals surface area contributed by atoms with Crippen LogP contribution < -0.4 is 83.9 Å². The van der Waals surface area contributed by atoms with Gasteiger partial charge in [-0.1, -0.05) is 0 Å². The molecule has 0 aliphatic carbocycles. The smallest absolute Gasteiger partial charge is 1.00 e. The maximum absolute atomic E-state index is 9.77. The van der Waals surface area contributed by atoms with Crippen molar-refractivity contribution in [2.45, 2.75) is 12.2 Å². The molecule has 0 saturated carbocycles. The van der Waals surface area contributed by atoms with Crippen LogP contribution in [0.1, 0.15) is 0 Å². The molecule has 0 amide bonds. The van der Waals surface area contributed by atoms with Gasteiger partial charge in [0.25, 0.3) is 0 Å². The third-order valence-electron chi connectivity index (χ3n) is 0.805. The number of aliphatic hydroxyl groups is 2. The van der Waals surface area contributed by atoms with Crippen molar-refractivity contribution in [2.75, 3.05) is 0 Å². The standard InChI is InChI=1S/C4H6O6.2ClH.2Na/c5-1(3(7)8)2(6)4(9)10;;;;/h1-2,5-6H,(H,7,8)(H,9,10);2*1H;;/q;;;2*+1/p-2. The second kappa shape index (κ2) is 14.4. The average molecular weight is 267 g/mol. The van der Waals surface area contributed by atoms with Crippen molar-refractivity contribution in [3.05, 3.63) is 0 Å². The summed E-state index contributed by atoms with van der Waals surface area (Å²) in [5.41, 5.74) is 0. The van der Waals surface area contributed by atoms with E-state index >= 15 is 0 Å². The van der Waals surface area contributed by atoms with Gasteiger partial charge in [-0.05, 0) is 0 Å².